The highest BCUT2D eigenvalue weighted by Crippen LogP contribution is 1.98. The van der Waals surface area contributed by atoms with E-state index in [0.29, 0.717) is 0 Å². The summed E-state index contributed by atoms with van der Waals surface area (Å²) in [6.07, 6.45) is 6.87. The van der Waals surface area contributed by atoms with Crippen LogP contribution in [0.25, 0.3) is 0 Å². The minimum atomic E-state index is 0.818. The van der Waals surface area contributed by atoms with Crippen LogP contribution in [-0.2, 0) is 13.1 Å². The van der Waals surface area contributed by atoms with Gasteiger partial charge in [-0.15, -0.1) is 6.58 Å². The van der Waals surface area contributed by atoms with Crippen LogP contribution >= 0.6 is 0 Å². The second kappa shape index (κ2) is 5.54. The Morgan fingerprint density at radius 2 is 2.54 bits per heavy atom. The third kappa shape index (κ3) is 3.03. The predicted octanol–water partition coefficient (Wildman–Crippen LogP) is 1.57. The molecule has 0 radical (unpaired) electrons. The maximum atomic E-state index is 4.27. The van der Waals surface area contributed by atoms with Gasteiger partial charge < -0.3 is 9.88 Å². The lowest BCUT2D eigenvalue weighted by Crippen LogP contribution is -2.16. The Balaban J connectivity index is 2.44. The molecule has 0 spiro atoms. The van der Waals surface area contributed by atoms with E-state index in [1.54, 1.807) is 0 Å². The van der Waals surface area contributed by atoms with Crippen molar-refractivity contribution in [3.63, 3.8) is 0 Å². The van der Waals surface area contributed by atoms with E-state index in [1.807, 2.05) is 18.5 Å². The normalized spacial score (nSPS) is 10.2. The minimum absolute atomic E-state index is 0.818. The first-order valence-electron chi connectivity index (χ1n) is 4.70. The van der Waals surface area contributed by atoms with Crippen LogP contribution in [0.4, 0.5) is 0 Å². The lowest BCUT2D eigenvalue weighted by Gasteiger charge is -2.05. The first-order chi connectivity index (χ1) is 6.38. The SMILES string of the molecule is C=CCNCc1nccn1CCC. The number of nitrogens with zero attached hydrogens (tertiary/aromatic N) is 2. The highest BCUT2D eigenvalue weighted by Gasteiger charge is 1.99. The molecule has 0 saturated carbocycles. The van der Waals surface area contributed by atoms with Crippen LogP contribution < -0.4 is 5.32 Å². The van der Waals surface area contributed by atoms with Gasteiger partial charge in [0.05, 0.1) is 6.54 Å². The summed E-state index contributed by atoms with van der Waals surface area (Å²) in [6.45, 7) is 8.51. The molecule has 0 amide bonds. The number of hydrogen-bond donors (Lipinski definition) is 1. The van der Waals surface area contributed by atoms with Gasteiger partial charge in [-0.1, -0.05) is 13.0 Å². The van der Waals surface area contributed by atoms with Crippen LogP contribution in [-0.4, -0.2) is 16.1 Å². The van der Waals surface area contributed by atoms with E-state index < -0.39 is 0 Å². The molecule has 0 aliphatic heterocycles. The lowest BCUT2D eigenvalue weighted by atomic mass is 10.4. The van der Waals surface area contributed by atoms with Crippen molar-refractivity contribution in [3.05, 3.63) is 30.9 Å². The summed E-state index contributed by atoms with van der Waals surface area (Å²) in [6, 6.07) is 0. The Kier molecular flexibility index (Phi) is 4.26. The molecule has 72 valence electrons. The van der Waals surface area contributed by atoms with Crippen LogP contribution in [0.5, 0.6) is 0 Å². The molecule has 0 unspecified atom stereocenters. The van der Waals surface area contributed by atoms with E-state index in [2.05, 4.69) is 28.4 Å². The van der Waals surface area contributed by atoms with Crippen molar-refractivity contribution in [1.29, 1.82) is 0 Å². The molecular formula is C10H17N3. The van der Waals surface area contributed by atoms with Gasteiger partial charge in [0, 0.05) is 25.5 Å². The van der Waals surface area contributed by atoms with Gasteiger partial charge in [-0.3, -0.25) is 0 Å². The standard InChI is InChI=1S/C10H17N3/c1-3-5-11-9-10-12-6-8-13(10)7-4-2/h3,6,8,11H,1,4-5,7,9H2,2H3. The summed E-state index contributed by atoms with van der Waals surface area (Å²) < 4.78 is 2.18. The van der Waals surface area contributed by atoms with Crippen molar-refractivity contribution in [3.8, 4) is 0 Å². The number of aromatic nitrogens is 2. The van der Waals surface area contributed by atoms with Crippen LogP contribution in [0.1, 0.15) is 19.2 Å². The molecule has 0 saturated heterocycles. The van der Waals surface area contributed by atoms with Gasteiger partial charge >= 0.3 is 0 Å². The second-order valence-corrected chi connectivity index (χ2v) is 2.96. The first kappa shape index (κ1) is 9.99. The van der Waals surface area contributed by atoms with Crippen molar-refractivity contribution >= 4 is 0 Å². The number of hydrogen-bond acceptors (Lipinski definition) is 2. The van der Waals surface area contributed by atoms with E-state index in [-0.39, 0.29) is 0 Å². The fourth-order valence-electron chi connectivity index (χ4n) is 1.24. The molecule has 1 aromatic heterocycles. The van der Waals surface area contributed by atoms with E-state index in [1.165, 1.54) is 0 Å². The minimum Gasteiger partial charge on any atom is -0.334 e. The quantitative estimate of drug-likeness (QED) is 0.530. The zero-order chi connectivity index (χ0) is 9.52. The highest BCUT2D eigenvalue weighted by molar-refractivity contribution is 4.92. The van der Waals surface area contributed by atoms with Crippen molar-refractivity contribution in [1.82, 2.24) is 14.9 Å². The molecule has 1 heterocycles. The summed E-state index contributed by atoms with van der Waals surface area (Å²) in [5.74, 6) is 1.10. The average molecular weight is 179 g/mol. The molecule has 3 heteroatoms. The fraction of sp³-hybridized carbons (Fsp3) is 0.500. The number of imidazole rings is 1. The van der Waals surface area contributed by atoms with E-state index in [0.717, 1.165) is 31.9 Å². The summed E-state index contributed by atoms with van der Waals surface area (Å²) >= 11 is 0. The summed E-state index contributed by atoms with van der Waals surface area (Å²) in [7, 11) is 0. The van der Waals surface area contributed by atoms with Crippen molar-refractivity contribution in [2.24, 2.45) is 0 Å². The van der Waals surface area contributed by atoms with Crippen molar-refractivity contribution in [2.75, 3.05) is 6.54 Å². The van der Waals surface area contributed by atoms with Crippen LogP contribution in [0, 0.1) is 0 Å². The molecule has 13 heavy (non-hydrogen) atoms. The summed E-state index contributed by atoms with van der Waals surface area (Å²) in [5.41, 5.74) is 0. The van der Waals surface area contributed by atoms with Gasteiger partial charge in [-0.25, -0.2) is 4.98 Å². The van der Waals surface area contributed by atoms with E-state index in [9.17, 15) is 0 Å². The maximum absolute atomic E-state index is 4.27. The molecule has 1 rings (SSSR count). The Labute approximate surface area is 79.5 Å². The molecule has 1 aromatic rings. The Morgan fingerprint density at radius 1 is 1.69 bits per heavy atom. The van der Waals surface area contributed by atoms with Crippen molar-refractivity contribution < 1.29 is 0 Å². The third-order valence-electron chi connectivity index (χ3n) is 1.84. The van der Waals surface area contributed by atoms with Gasteiger partial charge in [0.1, 0.15) is 5.82 Å². The van der Waals surface area contributed by atoms with Crippen molar-refractivity contribution in [2.45, 2.75) is 26.4 Å². The van der Waals surface area contributed by atoms with E-state index in [4.69, 9.17) is 0 Å². The van der Waals surface area contributed by atoms with Gasteiger partial charge in [-0.2, -0.15) is 0 Å². The van der Waals surface area contributed by atoms with Crippen LogP contribution in [0.3, 0.4) is 0 Å². The van der Waals surface area contributed by atoms with Gasteiger partial charge in [0.2, 0.25) is 0 Å². The largest absolute Gasteiger partial charge is 0.334 e. The predicted molar refractivity (Wildman–Crippen MR) is 54.4 cm³/mol. The Hall–Kier alpha value is -1.09. The highest BCUT2D eigenvalue weighted by atomic mass is 15.1. The molecule has 0 bridgehead atoms. The molecule has 0 aliphatic carbocycles. The molecule has 3 nitrogen and oxygen atoms in total. The lowest BCUT2D eigenvalue weighted by molar-refractivity contribution is 0.606. The third-order valence-corrected chi connectivity index (χ3v) is 1.84. The second-order valence-electron chi connectivity index (χ2n) is 2.96. The average Bonchev–Trinajstić information content (AvgIpc) is 2.54. The molecule has 1 N–H and O–H groups in total. The smallest absolute Gasteiger partial charge is 0.122 e. The number of aryl methyl sites for hydroxylation is 1. The monoisotopic (exact) mass is 179 g/mol. The Morgan fingerprint density at radius 3 is 3.23 bits per heavy atom. The molecular weight excluding hydrogens is 162 g/mol. The number of nitrogens with one attached hydrogen (secondary N) is 1. The zero-order valence-electron chi connectivity index (χ0n) is 8.16. The van der Waals surface area contributed by atoms with Gasteiger partial charge in [-0.05, 0) is 6.42 Å². The van der Waals surface area contributed by atoms with Crippen LogP contribution in [0.15, 0.2) is 25.0 Å². The summed E-state index contributed by atoms with van der Waals surface area (Å²) in [4.78, 5) is 4.27. The first-order valence-corrected chi connectivity index (χ1v) is 4.70. The molecule has 0 aromatic carbocycles. The maximum Gasteiger partial charge on any atom is 0.122 e. The topological polar surface area (TPSA) is 29.9 Å². The van der Waals surface area contributed by atoms with Gasteiger partial charge in [0.15, 0.2) is 0 Å². The molecule has 0 aliphatic rings. The van der Waals surface area contributed by atoms with E-state index >= 15 is 0 Å². The Bertz CT molecular complexity index is 252. The molecule has 0 atom stereocenters. The number of rotatable bonds is 6. The summed E-state index contributed by atoms with van der Waals surface area (Å²) in [5, 5.41) is 3.23. The van der Waals surface area contributed by atoms with Crippen LogP contribution in [0.2, 0.25) is 0 Å². The van der Waals surface area contributed by atoms with Gasteiger partial charge in [0.25, 0.3) is 0 Å². The molecule has 0 fully saturated rings. The fourth-order valence-corrected chi connectivity index (χ4v) is 1.24. The zero-order valence-corrected chi connectivity index (χ0v) is 8.16.